The summed E-state index contributed by atoms with van der Waals surface area (Å²) in [5, 5.41) is 14.6. The fourth-order valence-electron chi connectivity index (χ4n) is 3.25. The molecule has 1 aliphatic rings. The summed E-state index contributed by atoms with van der Waals surface area (Å²) < 4.78 is 27.9. The largest absolute Gasteiger partial charge is 0.505 e. The van der Waals surface area contributed by atoms with Gasteiger partial charge in [0.15, 0.2) is 11.5 Å². The van der Waals surface area contributed by atoms with Gasteiger partial charge in [-0.15, -0.1) is 0 Å². The summed E-state index contributed by atoms with van der Waals surface area (Å²) in [6.45, 7) is 0. The number of halogens is 1. The van der Waals surface area contributed by atoms with Crippen LogP contribution in [0.1, 0.15) is 5.56 Å². The monoisotopic (exact) mass is 458 g/mol. The lowest BCUT2D eigenvalue weighted by atomic mass is 10.0. The number of rotatable bonds is 2. The first-order chi connectivity index (χ1) is 13.3. The molecule has 0 saturated heterocycles. The number of carbonyl (C=O) groups excluding carboxylic acids is 1. The van der Waals surface area contributed by atoms with Crippen LogP contribution in [-0.2, 0) is 14.8 Å². The first-order valence-corrected chi connectivity index (χ1v) is 10.6. The highest BCUT2D eigenvalue weighted by Gasteiger charge is 2.39. The van der Waals surface area contributed by atoms with Gasteiger partial charge in [-0.2, -0.15) is 0 Å². The van der Waals surface area contributed by atoms with Crippen molar-refractivity contribution in [3.05, 3.63) is 76.4 Å². The maximum atomic E-state index is 13.2. The minimum Gasteiger partial charge on any atom is -0.505 e. The summed E-state index contributed by atoms with van der Waals surface area (Å²) in [5.41, 5.74) is 0.244. The predicted molar refractivity (Wildman–Crippen MR) is 111 cm³/mol. The quantitative estimate of drug-likeness (QED) is 0.604. The minimum atomic E-state index is -4.03. The molecule has 142 valence electrons. The number of amides is 1. The maximum Gasteiger partial charge on any atom is 0.276 e. The Kier molecular flexibility index (Phi) is 4.40. The highest BCUT2D eigenvalue weighted by atomic mass is 79.9. The first-order valence-electron chi connectivity index (χ1n) is 8.32. The molecule has 1 amide bonds. The number of sulfonamides is 1. The second-order valence-electron chi connectivity index (χ2n) is 6.30. The third-order valence-electron chi connectivity index (χ3n) is 4.59. The zero-order valence-electron chi connectivity index (χ0n) is 14.7. The molecule has 0 radical (unpaired) electrons. The van der Waals surface area contributed by atoms with E-state index in [0.29, 0.717) is 11.1 Å². The van der Waals surface area contributed by atoms with Gasteiger partial charge in [0, 0.05) is 28.2 Å². The number of aliphatic hydroxyl groups excluding tert-OH is 1. The van der Waals surface area contributed by atoms with Gasteiger partial charge in [-0.25, -0.2) is 8.42 Å². The number of aliphatic hydroxyl groups is 1. The third-order valence-corrected chi connectivity index (χ3v) is 6.94. The van der Waals surface area contributed by atoms with E-state index in [1.807, 2.05) is 0 Å². The molecule has 28 heavy (non-hydrogen) atoms. The van der Waals surface area contributed by atoms with E-state index in [0.717, 1.165) is 14.2 Å². The first kappa shape index (κ1) is 18.5. The van der Waals surface area contributed by atoms with Crippen LogP contribution < -0.4 is 5.32 Å². The molecule has 1 heterocycles. The number of benzene rings is 3. The van der Waals surface area contributed by atoms with Crippen molar-refractivity contribution in [1.82, 2.24) is 4.31 Å². The maximum absolute atomic E-state index is 13.2. The van der Waals surface area contributed by atoms with Crippen LogP contribution in [0.2, 0.25) is 0 Å². The molecule has 0 saturated carbocycles. The zero-order valence-corrected chi connectivity index (χ0v) is 17.1. The summed E-state index contributed by atoms with van der Waals surface area (Å²) in [6.07, 6.45) is 0. The molecular formula is C20H15BrN2O4S. The van der Waals surface area contributed by atoms with Crippen molar-refractivity contribution in [2.24, 2.45) is 0 Å². The average Bonchev–Trinajstić information content (AvgIpc) is 2.66. The number of hydrogen-bond donors (Lipinski definition) is 2. The highest BCUT2D eigenvalue weighted by molar-refractivity contribution is 9.10. The van der Waals surface area contributed by atoms with Crippen LogP contribution in [0.5, 0.6) is 0 Å². The lowest BCUT2D eigenvalue weighted by Crippen LogP contribution is -2.37. The standard InChI is InChI=1S/C20H15BrN2O4S/c1-23-17(20(25)22-14-7-4-6-13(21)11-14)18(24)16-10-9-12-5-2-3-8-15(12)19(16)28(23,26)27/h2-11,24H,1H3,(H,22,25). The van der Waals surface area contributed by atoms with E-state index < -0.39 is 15.9 Å². The number of hydrogen-bond acceptors (Lipinski definition) is 4. The topological polar surface area (TPSA) is 86.7 Å². The Balaban J connectivity index is 1.89. The lowest BCUT2D eigenvalue weighted by molar-refractivity contribution is -0.113. The van der Waals surface area contributed by atoms with Crippen molar-refractivity contribution in [3.63, 3.8) is 0 Å². The Bertz CT molecular complexity index is 1270. The summed E-state index contributed by atoms with van der Waals surface area (Å²) in [5.74, 6) is -1.11. The smallest absolute Gasteiger partial charge is 0.276 e. The van der Waals surface area contributed by atoms with E-state index >= 15 is 0 Å². The predicted octanol–water partition coefficient (Wildman–Crippen LogP) is 4.10. The Morgan fingerprint density at radius 3 is 2.57 bits per heavy atom. The molecular weight excluding hydrogens is 444 g/mol. The average molecular weight is 459 g/mol. The molecule has 4 rings (SSSR count). The van der Waals surface area contributed by atoms with Crippen molar-refractivity contribution < 1.29 is 18.3 Å². The van der Waals surface area contributed by atoms with E-state index in [1.165, 1.54) is 13.1 Å². The van der Waals surface area contributed by atoms with E-state index in [-0.39, 0.29) is 21.9 Å². The number of likely N-dealkylation sites (N-methyl/N-ethyl adjacent to an activating group) is 1. The lowest BCUT2D eigenvalue weighted by Gasteiger charge is -2.29. The summed E-state index contributed by atoms with van der Waals surface area (Å²) >= 11 is 3.32. The van der Waals surface area contributed by atoms with Gasteiger partial charge in [-0.05, 0) is 29.7 Å². The molecule has 3 aromatic rings. The van der Waals surface area contributed by atoms with E-state index in [1.54, 1.807) is 54.6 Å². The van der Waals surface area contributed by atoms with Crippen molar-refractivity contribution in [3.8, 4) is 0 Å². The van der Waals surface area contributed by atoms with Crippen LogP contribution >= 0.6 is 15.9 Å². The van der Waals surface area contributed by atoms with Crippen LogP contribution in [0.4, 0.5) is 5.69 Å². The molecule has 0 aromatic heterocycles. The number of nitrogens with one attached hydrogen (secondary N) is 1. The molecule has 0 unspecified atom stereocenters. The van der Waals surface area contributed by atoms with Crippen LogP contribution in [0.25, 0.3) is 16.5 Å². The molecule has 3 aromatic carbocycles. The second-order valence-corrected chi connectivity index (χ2v) is 9.12. The van der Waals surface area contributed by atoms with Gasteiger partial charge in [-0.3, -0.25) is 9.10 Å². The van der Waals surface area contributed by atoms with Crippen molar-refractivity contribution in [2.45, 2.75) is 4.90 Å². The summed E-state index contributed by atoms with van der Waals surface area (Å²) in [6, 6.07) is 17.1. The van der Waals surface area contributed by atoms with E-state index in [2.05, 4.69) is 21.2 Å². The van der Waals surface area contributed by atoms with Crippen molar-refractivity contribution in [2.75, 3.05) is 12.4 Å². The molecule has 6 nitrogen and oxygen atoms in total. The molecule has 8 heteroatoms. The number of nitrogens with zero attached hydrogens (tertiary/aromatic N) is 1. The van der Waals surface area contributed by atoms with Crippen LogP contribution in [0.15, 0.2) is 75.7 Å². The molecule has 0 spiro atoms. The van der Waals surface area contributed by atoms with E-state index in [9.17, 15) is 18.3 Å². The van der Waals surface area contributed by atoms with Crippen LogP contribution in [0, 0.1) is 0 Å². The number of carbonyl (C=O) groups is 1. The Hall–Kier alpha value is -2.84. The Labute approximate surface area is 170 Å². The Morgan fingerprint density at radius 2 is 1.82 bits per heavy atom. The van der Waals surface area contributed by atoms with Gasteiger partial charge < -0.3 is 10.4 Å². The minimum absolute atomic E-state index is 0.00962. The highest BCUT2D eigenvalue weighted by Crippen LogP contribution is 2.39. The summed E-state index contributed by atoms with van der Waals surface area (Å²) in [4.78, 5) is 12.8. The van der Waals surface area contributed by atoms with Crippen molar-refractivity contribution >= 4 is 54.1 Å². The fourth-order valence-corrected chi connectivity index (χ4v) is 5.24. The van der Waals surface area contributed by atoms with Gasteiger partial charge >= 0.3 is 0 Å². The molecule has 0 aliphatic carbocycles. The molecule has 1 aliphatic heterocycles. The number of fused-ring (bicyclic) bond motifs is 3. The van der Waals surface area contributed by atoms with Gasteiger partial charge in [0.1, 0.15) is 4.90 Å². The molecule has 0 bridgehead atoms. The van der Waals surface area contributed by atoms with Crippen molar-refractivity contribution in [1.29, 1.82) is 0 Å². The van der Waals surface area contributed by atoms with E-state index in [4.69, 9.17) is 0 Å². The zero-order chi connectivity index (χ0) is 20.1. The van der Waals surface area contributed by atoms with Crippen LogP contribution in [-0.4, -0.2) is 30.8 Å². The summed E-state index contributed by atoms with van der Waals surface area (Å²) in [7, 11) is -2.77. The Morgan fingerprint density at radius 1 is 1.07 bits per heavy atom. The van der Waals surface area contributed by atoms with Gasteiger partial charge in [0.25, 0.3) is 15.9 Å². The normalized spacial score (nSPS) is 15.4. The van der Waals surface area contributed by atoms with Gasteiger partial charge in [0.2, 0.25) is 0 Å². The second kappa shape index (κ2) is 6.65. The SMILES string of the molecule is CN1C(C(=O)Nc2cccc(Br)c2)=C(O)c2ccc3ccccc3c2S1(=O)=O. The van der Waals surface area contributed by atoms with Crippen LogP contribution in [0.3, 0.4) is 0 Å². The molecule has 0 fully saturated rings. The molecule has 0 atom stereocenters. The third kappa shape index (κ3) is 2.85. The van der Waals surface area contributed by atoms with Gasteiger partial charge in [-0.1, -0.05) is 52.3 Å². The number of anilines is 1. The molecule has 2 N–H and O–H groups in total. The fraction of sp³-hybridized carbons (Fsp3) is 0.0500. The van der Waals surface area contributed by atoms with Gasteiger partial charge in [0.05, 0.1) is 0 Å².